The maximum absolute atomic E-state index is 12.6. The minimum atomic E-state index is -4.33. The average molecular weight is 302 g/mol. The molecule has 22 heavy (non-hydrogen) atoms. The van der Waals surface area contributed by atoms with Crippen molar-refractivity contribution in [3.8, 4) is 11.3 Å². The molecule has 3 nitrogen and oxygen atoms in total. The molecule has 0 bridgehead atoms. The molecule has 0 saturated carbocycles. The molecule has 4 rings (SSSR count). The largest absolute Gasteiger partial charge is 0.443 e. The van der Waals surface area contributed by atoms with Crippen LogP contribution in [-0.4, -0.2) is 9.97 Å². The van der Waals surface area contributed by atoms with Crippen LogP contribution in [0.4, 0.5) is 13.2 Å². The lowest BCUT2D eigenvalue weighted by atomic mass is 10.1. The molecular weight excluding hydrogens is 293 g/mol. The summed E-state index contributed by atoms with van der Waals surface area (Å²) in [6, 6.07) is 10.6. The molecule has 0 atom stereocenters. The van der Waals surface area contributed by atoms with Crippen LogP contribution < -0.4 is 0 Å². The van der Waals surface area contributed by atoms with Crippen molar-refractivity contribution in [1.82, 2.24) is 9.97 Å². The van der Waals surface area contributed by atoms with Crippen LogP contribution in [0, 0.1) is 0 Å². The van der Waals surface area contributed by atoms with Gasteiger partial charge in [-0.25, -0.2) is 4.98 Å². The number of halogens is 3. The van der Waals surface area contributed by atoms with Gasteiger partial charge in [-0.3, -0.25) is 0 Å². The number of aromatic amines is 1. The molecule has 2 aromatic heterocycles. The molecular formula is C16H9F3N2O. The van der Waals surface area contributed by atoms with E-state index in [9.17, 15) is 13.2 Å². The minimum Gasteiger partial charge on any atom is -0.443 e. The summed E-state index contributed by atoms with van der Waals surface area (Å²) in [6.45, 7) is 0. The van der Waals surface area contributed by atoms with E-state index < -0.39 is 11.7 Å². The molecule has 0 saturated heterocycles. The zero-order valence-corrected chi connectivity index (χ0v) is 11.1. The van der Waals surface area contributed by atoms with E-state index in [-0.39, 0.29) is 0 Å². The molecule has 0 unspecified atom stereocenters. The lowest BCUT2D eigenvalue weighted by Crippen LogP contribution is -2.03. The zero-order chi connectivity index (χ0) is 15.3. The third-order valence-corrected chi connectivity index (χ3v) is 3.62. The van der Waals surface area contributed by atoms with Crippen LogP contribution in [0.15, 0.2) is 53.3 Å². The molecule has 110 valence electrons. The summed E-state index contributed by atoms with van der Waals surface area (Å²) in [5.74, 6) is 0. The van der Waals surface area contributed by atoms with Crippen LogP contribution in [0.5, 0.6) is 0 Å². The predicted molar refractivity (Wildman–Crippen MR) is 76.3 cm³/mol. The van der Waals surface area contributed by atoms with Gasteiger partial charge in [0.2, 0.25) is 0 Å². The Morgan fingerprint density at radius 2 is 1.77 bits per heavy atom. The third-order valence-electron chi connectivity index (χ3n) is 3.62. The summed E-state index contributed by atoms with van der Waals surface area (Å²) < 4.78 is 43.0. The minimum absolute atomic E-state index is 0.660. The Bertz CT molecular complexity index is 965. The van der Waals surface area contributed by atoms with E-state index in [1.54, 1.807) is 0 Å². The molecule has 0 fully saturated rings. The van der Waals surface area contributed by atoms with E-state index in [1.165, 1.54) is 18.5 Å². The number of nitrogens with zero attached hydrogens (tertiary/aromatic N) is 1. The molecule has 0 spiro atoms. The molecule has 2 aromatic carbocycles. The van der Waals surface area contributed by atoms with Crippen LogP contribution in [0.25, 0.3) is 33.3 Å². The van der Waals surface area contributed by atoms with Crippen molar-refractivity contribution in [2.24, 2.45) is 0 Å². The quantitative estimate of drug-likeness (QED) is 0.538. The van der Waals surface area contributed by atoms with Crippen molar-refractivity contribution in [2.45, 2.75) is 6.18 Å². The lowest BCUT2D eigenvalue weighted by molar-refractivity contribution is -0.137. The van der Waals surface area contributed by atoms with Crippen LogP contribution in [0.2, 0.25) is 0 Å². The number of hydrogen-bond acceptors (Lipinski definition) is 2. The van der Waals surface area contributed by atoms with E-state index in [0.29, 0.717) is 16.7 Å². The van der Waals surface area contributed by atoms with Gasteiger partial charge >= 0.3 is 6.18 Å². The van der Waals surface area contributed by atoms with Crippen molar-refractivity contribution in [2.75, 3.05) is 0 Å². The number of rotatable bonds is 1. The number of hydrogen-bond donors (Lipinski definition) is 1. The number of oxazole rings is 1. The van der Waals surface area contributed by atoms with Crippen molar-refractivity contribution < 1.29 is 17.6 Å². The van der Waals surface area contributed by atoms with Crippen molar-refractivity contribution in [3.05, 3.63) is 54.4 Å². The Morgan fingerprint density at radius 3 is 2.50 bits per heavy atom. The Labute approximate surface area is 122 Å². The lowest BCUT2D eigenvalue weighted by Gasteiger charge is -2.06. The highest BCUT2D eigenvalue weighted by Crippen LogP contribution is 2.32. The zero-order valence-electron chi connectivity index (χ0n) is 11.1. The summed E-state index contributed by atoms with van der Waals surface area (Å²) in [6.07, 6.45) is -2.96. The highest BCUT2D eigenvalue weighted by molar-refractivity contribution is 6.03. The molecule has 0 aliphatic rings. The second-order valence-corrected chi connectivity index (χ2v) is 4.99. The van der Waals surface area contributed by atoms with Gasteiger partial charge in [0.1, 0.15) is 5.52 Å². The Hall–Kier alpha value is -2.76. The maximum atomic E-state index is 12.6. The van der Waals surface area contributed by atoms with Gasteiger partial charge in [0, 0.05) is 11.1 Å². The standard InChI is InChI=1S/C16H9F3N2O/c17-16(18,19)11-4-1-9(2-5-11)12-7-10-3-6-13-15(14(10)21-12)20-8-22-13/h1-8,21H. The van der Waals surface area contributed by atoms with Gasteiger partial charge < -0.3 is 9.40 Å². The van der Waals surface area contributed by atoms with E-state index in [4.69, 9.17) is 4.42 Å². The number of H-pyrrole nitrogens is 1. The second kappa shape index (κ2) is 4.37. The first-order chi connectivity index (χ1) is 10.5. The number of aromatic nitrogens is 2. The van der Waals surface area contributed by atoms with Crippen molar-refractivity contribution >= 4 is 22.0 Å². The highest BCUT2D eigenvalue weighted by atomic mass is 19.4. The normalized spacial score (nSPS) is 12.3. The monoisotopic (exact) mass is 302 g/mol. The van der Waals surface area contributed by atoms with Crippen LogP contribution in [0.3, 0.4) is 0 Å². The summed E-state index contributed by atoms with van der Waals surface area (Å²) in [4.78, 5) is 7.35. The Balaban J connectivity index is 1.83. The maximum Gasteiger partial charge on any atom is 0.416 e. The van der Waals surface area contributed by atoms with Crippen LogP contribution in [-0.2, 0) is 6.18 Å². The summed E-state index contributed by atoms with van der Waals surface area (Å²) in [5.41, 5.74) is 2.93. The molecule has 4 aromatic rings. The van der Waals surface area contributed by atoms with Gasteiger partial charge in [0.25, 0.3) is 0 Å². The fourth-order valence-corrected chi connectivity index (χ4v) is 2.52. The van der Waals surface area contributed by atoms with Gasteiger partial charge in [-0.15, -0.1) is 0 Å². The molecule has 0 aliphatic carbocycles. The number of fused-ring (bicyclic) bond motifs is 3. The Kier molecular flexibility index (Phi) is 2.57. The average Bonchev–Trinajstić information content (AvgIpc) is 3.12. The first-order valence-corrected chi connectivity index (χ1v) is 6.55. The molecule has 0 aliphatic heterocycles. The smallest absolute Gasteiger partial charge is 0.416 e. The van der Waals surface area contributed by atoms with Gasteiger partial charge in [-0.1, -0.05) is 12.1 Å². The predicted octanol–water partition coefficient (Wildman–Crippen LogP) is 4.99. The third kappa shape index (κ3) is 1.95. The summed E-state index contributed by atoms with van der Waals surface area (Å²) in [7, 11) is 0. The molecule has 0 radical (unpaired) electrons. The van der Waals surface area contributed by atoms with Crippen molar-refractivity contribution in [3.63, 3.8) is 0 Å². The van der Waals surface area contributed by atoms with Gasteiger partial charge in [0.15, 0.2) is 12.0 Å². The highest BCUT2D eigenvalue weighted by Gasteiger charge is 2.30. The number of alkyl halides is 3. The van der Waals surface area contributed by atoms with Gasteiger partial charge in [-0.05, 0) is 35.9 Å². The van der Waals surface area contributed by atoms with Crippen molar-refractivity contribution in [1.29, 1.82) is 0 Å². The van der Waals surface area contributed by atoms with E-state index >= 15 is 0 Å². The fourth-order valence-electron chi connectivity index (χ4n) is 2.52. The SMILES string of the molecule is FC(F)(F)c1ccc(-c2cc3ccc4ocnc4c3[nH]2)cc1. The van der Waals surface area contributed by atoms with E-state index in [2.05, 4.69) is 9.97 Å². The Morgan fingerprint density at radius 1 is 1.00 bits per heavy atom. The van der Waals surface area contributed by atoms with Crippen LogP contribution in [0.1, 0.15) is 5.56 Å². The molecule has 0 amide bonds. The van der Waals surface area contributed by atoms with E-state index in [0.717, 1.165) is 28.7 Å². The first-order valence-electron chi connectivity index (χ1n) is 6.55. The molecule has 1 N–H and O–H groups in total. The topological polar surface area (TPSA) is 41.8 Å². The summed E-state index contributed by atoms with van der Waals surface area (Å²) in [5, 5.41) is 0.927. The fraction of sp³-hybridized carbons (Fsp3) is 0.0625. The van der Waals surface area contributed by atoms with Gasteiger partial charge in [-0.2, -0.15) is 13.2 Å². The second-order valence-electron chi connectivity index (χ2n) is 4.99. The van der Waals surface area contributed by atoms with Crippen LogP contribution >= 0.6 is 0 Å². The molecule has 2 heterocycles. The van der Waals surface area contributed by atoms with E-state index in [1.807, 2.05) is 18.2 Å². The summed E-state index contributed by atoms with van der Waals surface area (Å²) >= 11 is 0. The number of benzene rings is 2. The molecule has 6 heteroatoms. The number of nitrogens with one attached hydrogen (secondary N) is 1. The van der Waals surface area contributed by atoms with Gasteiger partial charge in [0.05, 0.1) is 11.1 Å². The first kappa shape index (κ1) is 12.9.